The van der Waals surface area contributed by atoms with Crippen molar-refractivity contribution >= 4 is 29.0 Å². The highest BCUT2D eigenvalue weighted by Gasteiger charge is 2.52. The maximum absolute atomic E-state index is 13.7. The standard InChI is InChI=1S/C17H18F2N6O/c1-9(26)22-13-5-11-10(7-21-13)17(3-4-17)8-25(11)14-6-12(20)23-15(24-14)16(2,18)19/h5-7H,3-4,8H2,1-2H3,(H2,20,23,24)(H,21,22,26). The van der Waals surface area contributed by atoms with Crippen molar-refractivity contribution in [1.82, 2.24) is 15.0 Å². The van der Waals surface area contributed by atoms with Crippen molar-refractivity contribution in [3.8, 4) is 0 Å². The molecule has 3 N–H and O–H groups in total. The molecule has 0 aromatic carbocycles. The van der Waals surface area contributed by atoms with Gasteiger partial charge < -0.3 is 16.0 Å². The van der Waals surface area contributed by atoms with Crippen molar-refractivity contribution in [3.05, 3.63) is 29.7 Å². The number of carbonyl (C=O) groups is 1. The first-order chi connectivity index (χ1) is 12.2. The van der Waals surface area contributed by atoms with Crippen LogP contribution in [0.4, 0.5) is 31.9 Å². The van der Waals surface area contributed by atoms with Gasteiger partial charge >= 0.3 is 5.92 Å². The SMILES string of the molecule is CC(=O)Nc1cc2c(cn1)C1(CC1)CN2c1cc(N)nc(C(C)(F)F)n1. The van der Waals surface area contributed by atoms with Gasteiger partial charge in [0.05, 0.1) is 5.69 Å². The summed E-state index contributed by atoms with van der Waals surface area (Å²) in [4.78, 5) is 25.2. The number of amides is 1. The predicted molar refractivity (Wildman–Crippen MR) is 92.5 cm³/mol. The van der Waals surface area contributed by atoms with E-state index in [9.17, 15) is 13.6 Å². The maximum Gasteiger partial charge on any atom is 0.303 e. The van der Waals surface area contributed by atoms with E-state index >= 15 is 0 Å². The number of hydrogen-bond acceptors (Lipinski definition) is 6. The topological polar surface area (TPSA) is 97.0 Å². The number of fused-ring (bicyclic) bond motifs is 2. The Labute approximate surface area is 148 Å². The van der Waals surface area contributed by atoms with E-state index in [0.717, 1.165) is 31.0 Å². The molecule has 0 bridgehead atoms. The number of nitrogens with one attached hydrogen (secondary N) is 1. The molecule has 9 heteroatoms. The Hall–Kier alpha value is -2.84. The largest absolute Gasteiger partial charge is 0.384 e. The van der Waals surface area contributed by atoms with E-state index in [1.54, 1.807) is 12.3 Å². The van der Waals surface area contributed by atoms with Crippen LogP contribution in [0.2, 0.25) is 0 Å². The molecular formula is C17H18F2N6O. The van der Waals surface area contributed by atoms with E-state index < -0.39 is 11.7 Å². The summed E-state index contributed by atoms with van der Waals surface area (Å²) in [6.45, 7) is 2.75. The first-order valence-electron chi connectivity index (χ1n) is 8.26. The fourth-order valence-corrected chi connectivity index (χ4v) is 3.37. The average molecular weight is 360 g/mol. The molecule has 1 fully saturated rings. The van der Waals surface area contributed by atoms with Crippen molar-refractivity contribution in [1.29, 1.82) is 0 Å². The highest BCUT2D eigenvalue weighted by atomic mass is 19.3. The Balaban J connectivity index is 1.80. The Morgan fingerprint density at radius 3 is 2.69 bits per heavy atom. The Morgan fingerprint density at radius 2 is 2.08 bits per heavy atom. The van der Waals surface area contributed by atoms with Gasteiger partial charge in [0.1, 0.15) is 17.5 Å². The number of nitrogens with two attached hydrogens (primary N) is 1. The number of alkyl halides is 2. The molecule has 1 aliphatic carbocycles. The molecule has 1 amide bonds. The van der Waals surface area contributed by atoms with Crippen LogP contribution in [-0.4, -0.2) is 27.4 Å². The van der Waals surface area contributed by atoms with Gasteiger partial charge in [-0.25, -0.2) is 15.0 Å². The zero-order valence-electron chi connectivity index (χ0n) is 14.4. The van der Waals surface area contributed by atoms with E-state index in [0.29, 0.717) is 18.2 Å². The molecule has 26 heavy (non-hydrogen) atoms. The zero-order chi connectivity index (χ0) is 18.7. The predicted octanol–water partition coefficient (Wildman–Crippen LogP) is 2.71. The van der Waals surface area contributed by atoms with E-state index in [1.165, 1.54) is 13.0 Å². The molecule has 0 unspecified atom stereocenters. The van der Waals surface area contributed by atoms with Gasteiger partial charge in [-0.15, -0.1) is 0 Å². The summed E-state index contributed by atoms with van der Waals surface area (Å²) in [6, 6.07) is 3.23. The summed E-state index contributed by atoms with van der Waals surface area (Å²) >= 11 is 0. The van der Waals surface area contributed by atoms with Crippen molar-refractivity contribution in [2.24, 2.45) is 0 Å². The second-order valence-corrected chi connectivity index (χ2v) is 7.00. The minimum atomic E-state index is -3.19. The van der Waals surface area contributed by atoms with Crippen molar-refractivity contribution < 1.29 is 13.6 Å². The fraction of sp³-hybridized carbons (Fsp3) is 0.412. The van der Waals surface area contributed by atoms with Crippen LogP contribution in [0.15, 0.2) is 18.3 Å². The molecule has 1 spiro atoms. The first kappa shape index (κ1) is 16.6. The molecular weight excluding hydrogens is 342 g/mol. The molecule has 1 saturated carbocycles. The van der Waals surface area contributed by atoms with Gasteiger partial charge in [0, 0.05) is 49.7 Å². The lowest BCUT2D eigenvalue weighted by Crippen LogP contribution is -2.23. The number of nitrogen functional groups attached to an aromatic ring is 1. The number of anilines is 4. The third-order valence-electron chi connectivity index (χ3n) is 4.76. The summed E-state index contributed by atoms with van der Waals surface area (Å²) in [5.41, 5.74) is 7.54. The van der Waals surface area contributed by atoms with Crippen LogP contribution in [0.1, 0.15) is 38.1 Å². The quantitative estimate of drug-likeness (QED) is 0.873. The van der Waals surface area contributed by atoms with Gasteiger partial charge in [-0.2, -0.15) is 8.78 Å². The molecule has 2 aromatic heterocycles. The lowest BCUT2D eigenvalue weighted by Gasteiger charge is -2.21. The third kappa shape index (κ3) is 2.73. The number of halogens is 2. The molecule has 7 nitrogen and oxygen atoms in total. The number of carbonyl (C=O) groups excluding carboxylic acids is 1. The summed E-state index contributed by atoms with van der Waals surface area (Å²) < 4.78 is 27.4. The summed E-state index contributed by atoms with van der Waals surface area (Å²) in [6.07, 6.45) is 3.73. The van der Waals surface area contributed by atoms with Crippen LogP contribution in [-0.2, 0) is 16.1 Å². The highest BCUT2D eigenvalue weighted by Crippen LogP contribution is 2.58. The maximum atomic E-state index is 13.7. The molecule has 3 heterocycles. The van der Waals surface area contributed by atoms with Crippen molar-refractivity contribution in [3.63, 3.8) is 0 Å². The van der Waals surface area contributed by atoms with Gasteiger partial charge in [0.15, 0.2) is 0 Å². The van der Waals surface area contributed by atoms with Crippen LogP contribution in [0.5, 0.6) is 0 Å². The van der Waals surface area contributed by atoms with Crippen molar-refractivity contribution in [2.75, 3.05) is 22.5 Å². The summed E-state index contributed by atoms with van der Waals surface area (Å²) in [5.74, 6) is -3.32. The second kappa shape index (κ2) is 5.33. The highest BCUT2D eigenvalue weighted by molar-refractivity contribution is 5.89. The van der Waals surface area contributed by atoms with Crippen LogP contribution < -0.4 is 16.0 Å². The zero-order valence-corrected chi connectivity index (χ0v) is 14.4. The number of nitrogens with zero attached hydrogens (tertiary/aromatic N) is 4. The number of rotatable bonds is 3. The molecule has 0 radical (unpaired) electrons. The second-order valence-electron chi connectivity index (χ2n) is 7.00. The van der Waals surface area contributed by atoms with Crippen LogP contribution >= 0.6 is 0 Å². The summed E-state index contributed by atoms with van der Waals surface area (Å²) in [5, 5.41) is 2.65. The third-order valence-corrected chi connectivity index (χ3v) is 4.76. The van der Waals surface area contributed by atoms with Gasteiger partial charge in [-0.05, 0) is 12.8 Å². The van der Waals surface area contributed by atoms with Crippen LogP contribution in [0.25, 0.3) is 0 Å². The number of hydrogen-bond donors (Lipinski definition) is 2. The molecule has 0 saturated heterocycles. The Bertz CT molecular complexity index is 907. The van der Waals surface area contributed by atoms with E-state index in [2.05, 4.69) is 20.3 Å². The molecule has 2 aliphatic rings. The number of pyridine rings is 1. The van der Waals surface area contributed by atoms with Crippen molar-refractivity contribution in [2.45, 2.75) is 38.0 Å². The van der Waals surface area contributed by atoms with Crippen LogP contribution in [0, 0.1) is 0 Å². The average Bonchev–Trinajstić information content (AvgIpc) is 3.23. The van der Waals surface area contributed by atoms with E-state index in [4.69, 9.17) is 5.73 Å². The molecule has 1 aliphatic heterocycles. The molecule has 2 aromatic rings. The Kier molecular flexibility index (Phi) is 3.40. The van der Waals surface area contributed by atoms with Gasteiger partial charge in [-0.3, -0.25) is 4.79 Å². The molecule has 0 atom stereocenters. The fourth-order valence-electron chi connectivity index (χ4n) is 3.37. The van der Waals surface area contributed by atoms with Crippen LogP contribution in [0.3, 0.4) is 0 Å². The minimum Gasteiger partial charge on any atom is -0.384 e. The Morgan fingerprint density at radius 1 is 1.35 bits per heavy atom. The lowest BCUT2D eigenvalue weighted by atomic mass is 10.0. The van der Waals surface area contributed by atoms with E-state index in [-0.39, 0.29) is 17.1 Å². The number of aromatic nitrogens is 3. The van der Waals surface area contributed by atoms with Gasteiger partial charge in [0.25, 0.3) is 0 Å². The first-order valence-corrected chi connectivity index (χ1v) is 8.26. The van der Waals surface area contributed by atoms with Gasteiger partial charge in [0.2, 0.25) is 11.7 Å². The lowest BCUT2D eigenvalue weighted by molar-refractivity contribution is -0.114. The summed E-state index contributed by atoms with van der Waals surface area (Å²) in [7, 11) is 0. The molecule has 4 rings (SSSR count). The van der Waals surface area contributed by atoms with E-state index in [1.807, 2.05) is 4.90 Å². The van der Waals surface area contributed by atoms with Gasteiger partial charge in [-0.1, -0.05) is 0 Å². The molecule has 136 valence electrons. The smallest absolute Gasteiger partial charge is 0.303 e. The monoisotopic (exact) mass is 360 g/mol. The normalized spacial score (nSPS) is 17.3. The minimum absolute atomic E-state index is 0.0130.